The van der Waals surface area contributed by atoms with E-state index in [0.29, 0.717) is 12.8 Å². The molecule has 1 rings (SSSR count). The van der Waals surface area contributed by atoms with Crippen molar-refractivity contribution < 1.29 is 9.59 Å². The standard InChI is InChI=1S/C8H12N2O2S/c1-5-2-7(11)10(4-6(9)13)8(12)3-5/h5H,2-4H2,1H3,(H2,9,13). The maximum Gasteiger partial charge on any atom is 0.229 e. The lowest BCUT2D eigenvalue weighted by Crippen LogP contribution is -2.46. The molecule has 0 bridgehead atoms. The zero-order chi connectivity index (χ0) is 10.0. The van der Waals surface area contributed by atoms with Crippen molar-refractivity contribution in [2.75, 3.05) is 6.54 Å². The van der Waals surface area contributed by atoms with E-state index in [-0.39, 0.29) is 29.3 Å². The molecule has 72 valence electrons. The Kier molecular flexibility index (Phi) is 2.98. The smallest absolute Gasteiger partial charge is 0.229 e. The third-order valence-corrected chi connectivity index (χ3v) is 2.09. The fourth-order valence-electron chi connectivity index (χ4n) is 1.36. The fourth-order valence-corrected chi connectivity index (χ4v) is 1.49. The van der Waals surface area contributed by atoms with Crippen LogP contribution in [0.25, 0.3) is 0 Å². The first-order chi connectivity index (χ1) is 6.00. The van der Waals surface area contributed by atoms with Crippen molar-refractivity contribution in [2.45, 2.75) is 19.8 Å². The molecule has 0 atom stereocenters. The van der Waals surface area contributed by atoms with E-state index in [0.717, 1.165) is 4.90 Å². The minimum Gasteiger partial charge on any atom is -0.392 e. The first kappa shape index (κ1) is 10.1. The lowest BCUT2D eigenvalue weighted by Gasteiger charge is -2.27. The van der Waals surface area contributed by atoms with E-state index >= 15 is 0 Å². The Morgan fingerprint density at radius 1 is 1.54 bits per heavy atom. The number of thiocarbonyl (C=S) groups is 1. The van der Waals surface area contributed by atoms with Crippen LogP contribution in [0.1, 0.15) is 19.8 Å². The van der Waals surface area contributed by atoms with E-state index < -0.39 is 0 Å². The van der Waals surface area contributed by atoms with Gasteiger partial charge in [-0.05, 0) is 5.92 Å². The first-order valence-corrected chi connectivity index (χ1v) is 4.53. The largest absolute Gasteiger partial charge is 0.392 e. The van der Waals surface area contributed by atoms with Gasteiger partial charge in [-0.3, -0.25) is 14.5 Å². The van der Waals surface area contributed by atoms with Crippen molar-refractivity contribution in [1.82, 2.24) is 4.90 Å². The van der Waals surface area contributed by atoms with Gasteiger partial charge in [-0.1, -0.05) is 19.1 Å². The predicted octanol–water partition coefficient (Wildman–Crippen LogP) is 0.0576. The van der Waals surface area contributed by atoms with Crippen molar-refractivity contribution in [3.8, 4) is 0 Å². The number of carbonyl (C=O) groups excluding carboxylic acids is 2. The van der Waals surface area contributed by atoms with Gasteiger partial charge in [-0.15, -0.1) is 0 Å². The molecule has 0 unspecified atom stereocenters. The summed E-state index contributed by atoms with van der Waals surface area (Å²) in [7, 11) is 0. The molecule has 0 saturated carbocycles. The second-order valence-electron chi connectivity index (χ2n) is 3.35. The molecule has 4 nitrogen and oxygen atoms in total. The van der Waals surface area contributed by atoms with Crippen LogP contribution in [-0.4, -0.2) is 28.2 Å². The maximum absolute atomic E-state index is 11.3. The van der Waals surface area contributed by atoms with Gasteiger partial charge in [0.2, 0.25) is 11.8 Å². The summed E-state index contributed by atoms with van der Waals surface area (Å²) in [5, 5.41) is 0. The second-order valence-corrected chi connectivity index (χ2v) is 3.88. The Balaban J connectivity index is 2.67. The molecule has 2 N–H and O–H groups in total. The number of rotatable bonds is 2. The highest BCUT2D eigenvalue weighted by molar-refractivity contribution is 7.80. The highest BCUT2D eigenvalue weighted by Gasteiger charge is 2.30. The van der Waals surface area contributed by atoms with Crippen LogP contribution < -0.4 is 5.73 Å². The SMILES string of the molecule is CC1CC(=O)N(CC(N)=S)C(=O)C1. The zero-order valence-electron chi connectivity index (χ0n) is 7.45. The number of imide groups is 1. The van der Waals surface area contributed by atoms with E-state index in [2.05, 4.69) is 12.2 Å². The summed E-state index contributed by atoms with van der Waals surface area (Å²) in [4.78, 5) is 24.0. The van der Waals surface area contributed by atoms with Gasteiger partial charge in [0, 0.05) is 12.8 Å². The Morgan fingerprint density at radius 3 is 2.38 bits per heavy atom. The van der Waals surface area contributed by atoms with Crippen LogP contribution in [0.2, 0.25) is 0 Å². The maximum atomic E-state index is 11.3. The average molecular weight is 200 g/mol. The molecule has 0 radical (unpaired) electrons. The summed E-state index contributed by atoms with van der Waals surface area (Å²) >= 11 is 4.64. The highest BCUT2D eigenvalue weighted by Crippen LogP contribution is 2.18. The first-order valence-electron chi connectivity index (χ1n) is 4.12. The summed E-state index contributed by atoms with van der Waals surface area (Å²) < 4.78 is 0. The molecule has 5 heteroatoms. The van der Waals surface area contributed by atoms with Crippen LogP contribution in [0, 0.1) is 5.92 Å². The van der Waals surface area contributed by atoms with Crippen molar-refractivity contribution in [1.29, 1.82) is 0 Å². The van der Waals surface area contributed by atoms with Crippen LogP contribution in [0.5, 0.6) is 0 Å². The molecule has 0 aromatic carbocycles. The minimum atomic E-state index is -0.170. The third-order valence-electron chi connectivity index (χ3n) is 1.96. The van der Waals surface area contributed by atoms with Gasteiger partial charge in [0.1, 0.15) is 0 Å². The van der Waals surface area contributed by atoms with Crippen LogP contribution in [-0.2, 0) is 9.59 Å². The third kappa shape index (κ3) is 2.48. The van der Waals surface area contributed by atoms with E-state index in [1.807, 2.05) is 6.92 Å². The van der Waals surface area contributed by atoms with Gasteiger partial charge in [0.15, 0.2) is 0 Å². The number of nitrogens with zero attached hydrogens (tertiary/aromatic N) is 1. The Hall–Kier alpha value is -0.970. The quantitative estimate of drug-likeness (QED) is 0.505. The van der Waals surface area contributed by atoms with Gasteiger partial charge >= 0.3 is 0 Å². The lowest BCUT2D eigenvalue weighted by molar-refractivity contribution is -0.148. The van der Waals surface area contributed by atoms with E-state index in [4.69, 9.17) is 5.73 Å². The normalized spacial score (nSPS) is 19.3. The number of nitrogens with two attached hydrogens (primary N) is 1. The van der Waals surface area contributed by atoms with E-state index in [9.17, 15) is 9.59 Å². The highest BCUT2D eigenvalue weighted by atomic mass is 32.1. The molecule has 1 fully saturated rings. The number of piperidine rings is 1. The van der Waals surface area contributed by atoms with Crippen LogP contribution in [0.15, 0.2) is 0 Å². The number of amides is 2. The number of likely N-dealkylation sites (tertiary alicyclic amines) is 1. The molecule has 2 amide bonds. The summed E-state index contributed by atoms with van der Waals surface area (Å²) in [6, 6.07) is 0. The summed E-state index contributed by atoms with van der Waals surface area (Å²) in [6.07, 6.45) is 0.822. The van der Waals surface area contributed by atoms with Crippen molar-refractivity contribution in [3.63, 3.8) is 0 Å². The number of carbonyl (C=O) groups is 2. The van der Waals surface area contributed by atoms with Crippen molar-refractivity contribution in [3.05, 3.63) is 0 Å². The summed E-state index contributed by atoms with van der Waals surface area (Å²) in [5.74, 6) is -0.198. The molecule has 1 aliphatic rings. The molecule has 0 aliphatic carbocycles. The fraction of sp³-hybridized carbons (Fsp3) is 0.625. The summed E-state index contributed by atoms with van der Waals surface area (Å²) in [5.41, 5.74) is 5.27. The number of hydrogen-bond donors (Lipinski definition) is 1. The topological polar surface area (TPSA) is 63.4 Å². The molecule has 1 aliphatic heterocycles. The average Bonchev–Trinajstić information content (AvgIpc) is 1.96. The Morgan fingerprint density at radius 2 is 2.00 bits per heavy atom. The molecular weight excluding hydrogens is 188 g/mol. The van der Waals surface area contributed by atoms with Gasteiger partial charge in [0.25, 0.3) is 0 Å². The van der Waals surface area contributed by atoms with Crippen molar-refractivity contribution in [2.24, 2.45) is 11.7 Å². The van der Waals surface area contributed by atoms with Crippen molar-refractivity contribution >= 4 is 29.0 Å². The van der Waals surface area contributed by atoms with Gasteiger partial charge in [-0.25, -0.2) is 0 Å². The second kappa shape index (κ2) is 3.83. The molecule has 13 heavy (non-hydrogen) atoms. The zero-order valence-corrected chi connectivity index (χ0v) is 8.26. The minimum absolute atomic E-state index is 0.0831. The molecule has 1 saturated heterocycles. The molecule has 0 aromatic heterocycles. The molecule has 0 aromatic rings. The molecule has 0 spiro atoms. The van der Waals surface area contributed by atoms with Crippen LogP contribution in [0.3, 0.4) is 0 Å². The van der Waals surface area contributed by atoms with E-state index in [1.54, 1.807) is 0 Å². The molecule has 1 heterocycles. The summed E-state index contributed by atoms with van der Waals surface area (Å²) in [6.45, 7) is 1.97. The lowest BCUT2D eigenvalue weighted by atomic mass is 9.98. The monoisotopic (exact) mass is 200 g/mol. The molecular formula is C8H12N2O2S. The van der Waals surface area contributed by atoms with Gasteiger partial charge < -0.3 is 5.73 Å². The Bertz CT molecular complexity index is 247. The number of hydrogen-bond acceptors (Lipinski definition) is 3. The van der Waals surface area contributed by atoms with Crippen LogP contribution in [0.4, 0.5) is 0 Å². The van der Waals surface area contributed by atoms with Gasteiger partial charge in [0.05, 0.1) is 11.5 Å². The Labute approximate surface area is 82.1 Å². The predicted molar refractivity (Wildman–Crippen MR) is 51.9 cm³/mol. The van der Waals surface area contributed by atoms with E-state index in [1.165, 1.54) is 0 Å². The van der Waals surface area contributed by atoms with Crippen LogP contribution >= 0.6 is 12.2 Å². The van der Waals surface area contributed by atoms with Gasteiger partial charge in [-0.2, -0.15) is 0 Å².